The van der Waals surface area contributed by atoms with Gasteiger partial charge in [0.05, 0.1) is 6.10 Å². The largest absolute Gasteiger partial charge is 0.457 e. The number of nitrogens with two attached hydrogens (primary N) is 1. The Morgan fingerprint density at radius 2 is 1.66 bits per heavy atom. The molecule has 2 heterocycles. The van der Waals surface area contributed by atoms with Gasteiger partial charge in [-0.15, -0.1) is 0 Å². The molecule has 0 radical (unpaired) electrons. The second-order valence-corrected chi connectivity index (χ2v) is 9.01. The minimum atomic E-state index is -0.509. The maximum atomic E-state index is 13.0. The predicted octanol–water partition coefficient (Wildman–Crippen LogP) is 3.65. The van der Waals surface area contributed by atoms with Crippen LogP contribution in [-0.2, 0) is 11.2 Å². The average Bonchev–Trinajstić information content (AvgIpc) is 3.12. The normalized spacial score (nSPS) is 20.0. The van der Waals surface area contributed by atoms with Crippen LogP contribution in [-0.4, -0.2) is 52.7 Å². The van der Waals surface area contributed by atoms with E-state index in [1.54, 1.807) is 36.4 Å². The number of ether oxygens (including phenoxy) is 1. The molecule has 2 aliphatic rings. The Hall–Kier alpha value is -2.32. The summed E-state index contributed by atoms with van der Waals surface area (Å²) in [5, 5.41) is 14.4. The van der Waals surface area contributed by atoms with Gasteiger partial charge in [0.25, 0.3) is 0 Å². The highest BCUT2D eigenvalue weighted by molar-refractivity contribution is 6.36. The van der Waals surface area contributed by atoms with Gasteiger partial charge >= 0.3 is 0 Å². The van der Waals surface area contributed by atoms with Gasteiger partial charge in [-0.1, -0.05) is 23.2 Å². The van der Waals surface area contributed by atoms with Crippen molar-refractivity contribution in [3.63, 3.8) is 0 Å². The quantitative estimate of drug-likeness (QED) is 0.661. The Morgan fingerprint density at radius 3 is 2.25 bits per heavy atom. The van der Waals surface area contributed by atoms with Crippen molar-refractivity contribution in [2.75, 3.05) is 19.6 Å². The molecule has 0 aliphatic carbocycles. The molecular weight excluding hydrogens is 453 g/mol. The summed E-state index contributed by atoms with van der Waals surface area (Å²) in [5.74, 6) is 0.350. The van der Waals surface area contributed by atoms with Crippen LogP contribution in [0.2, 0.25) is 10.0 Å². The predicted molar refractivity (Wildman–Crippen MR) is 122 cm³/mol. The van der Waals surface area contributed by atoms with Crippen LogP contribution in [0, 0.1) is 5.92 Å². The van der Waals surface area contributed by atoms with E-state index in [4.69, 9.17) is 33.7 Å². The van der Waals surface area contributed by atoms with Gasteiger partial charge < -0.3 is 15.6 Å². The van der Waals surface area contributed by atoms with Crippen LogP contribution in [0.15, 0.2) is 36.4 Å². The lowest BCUT2D eigenvalue weighted by Gasteiger charge is -2.36. The molecule has 2 aromatic rings. The number of nitrogens with zero attached hydrogens (tertiary/aromatic N) is 2. The number of piperidine rings is 1. The Bertz CT molecular complexity index is 984. The van der Waals surface area contributed by atoms with E-state index >= 15 is 0 Å². The molecule has 0 unspecified atom stereocenters. The Labute approximate surface area is 196 Å². The van der Waals surface area contributed by atoms with Crippen LogP contribution in [0.5, 0.6) is 11.5 Å². The summed E-state index contributed by atoms with van der Waals surface area (Å²) < 4.78 is 5.80. The van der Waals surface area contributed by atoms with E-state index in [-0.39, 0.29) is 17.9 Å². The number of aliphatic hydroxyl groups is 1. The molecule has 2 aromatic carbocycles. The van der Waals surface area contributed by atoms with Crippen LogP contribution < -0.4 is 10.5 Å². The molecule has 0 bridgehead atoms. The monoisotopic (exact) mass is 477 g/mol. The lowest BCUT2D eigenvalue weighted by Crippen LogP contribution is -2.49. The van der Waals surface area contributed by atoms with E-state index in [0.29, 0.717) is 66.0 Å². The van der Waals surface area contributed by atoms with Crippen molar-refractivity contribution in [2.45, 2.75) is 31.8 Å². The number of benzene rings is 2. The summed E-state index contributed by atoms with van der Waals surface area (Å²) in [6.45, 7) is 2.04. The molecule has 2 fully saturated rings. The maximum absolute atomic E-state index is 13.0. The molecule has 32 heavy (non-hydrogen) atoms. The average molecular weight is 478 g/mol. The fourth-order valence-corrected chi connectivity index (χ4v) is 4.81. The highest BCUT2D eigenvalue weighted by atomic mass is 35.5. The van der Waals surface area contributed by atoms with E-state index in [1.807, 2.05) is 10.0 Å². The number of carbonyl (C=O) groups excluding carboxylic acids is 2. The number of hydrogen-bond acceptors (Lipinski definition) is 5. The number of halogens is 2. The van der Waals surface area contributed by atoms with E-state index < -0.39 is 5.91 Å². The van der Waals surface area contributed by atoms with E-state index in [0.717, 1.165) is 12.0 Å². The number of carbonyl (C=O) groups is 2. The van der Waals surface area contributed by atoms with Crippen molar-refractivity contribution in [2.24, 2.45) is 11.7 Å². The molecule has 3 N–H and O–H groups in total. The molecule has 7 nitrogen and oxygen atoms in total. The zero-order valence-corrected chi connectivity index (χ0v) is 19.0. The highest BCUT2D eigenvalue weighted by Gasteiger charge is 2.37. The number of rotatable bonds is 6. The van der Waals surface area contributed by atoms with Crippen molar-refractivity contribution in [1.29, 1.82) is 0 Å². The minimum absolute atomic E-state index is 0.0726. The van der Waals surface area contributed by atoms with Crippen molar-refractivity contribution in [3.05, 3.63) is 57.6 Å². The highest BCUT2D eigenvalue weighted by Crippen LogP contribution is 2.36. The zero-order valence-electron chi connectivity index (χ0n) is 17.5. The van der Waals surface area contributed by atoms with Crippen molar-refractivity contribution < 1.29 is 19.4 Å². The fourth-order valence-electron chi connectivity index (χ4n) is 4.19. The molecular formula is C23H25Cl2N3O4. The summed E-state index contributed by atoms with van der Waals surface area (Å²) in [4.78, 5) is 24.2. The van der Waals surface area contributed by atoms with Gasteiger partial charge in [0.1, 0.15) is 11.5 Å². The minimum Gasteiger partial charge on any atom is -0.457 e. The van der Waals surface area contributed by atoms with Crippen LogP contribution in [0.25, 0.3) is 0 Å². The van der Waals surface area contributed by atoms with Gasteiger partial charge in [-0.3, -0.25) is 14.6 Å². The lowest BCUT2D eigenvalue weighted by atomic mass is 9.98. The third-order valence-electron chi connectivity index (χ3n) is 6.01. The molecule has 9 heteroatoms. The number of hydrazine groups is 1. The van der Waals surface area contributed by atoms with Crippen LogP contribution in [0.1, 0.15) is 35.2 Å². The summed E-state index contributed by atoms with van der Waals surface area (Å²) in [7, 11) is 0. The van der Waals surface area contributed by atoms with Crippen molar-refractivity contribution in [3.8, 4) is 11.5 Å². The summed E-state index contributed by atoms with van der Waals surface area (Å²) in [5.41, 5.74) is 6.36. The van der Waals surface area contributed by atoms with E-state index in [1.165, 1.54) is 0 Å². The molecule has 1 atom stereocenters. The number of hydrogen-bond donors (Lipinski definition) is 2. The zero-order chi connectivity index (χ0) is 22.8. The summed E-state index contributed by atoms with van der Waals surface area (Å²) >= 11 is 13.0. The standard InChI is InChI=1S/C23H25Cl2N3O4/c24-20-12-18(32-17-3-1-14(2-4-17)22(26)30)13-21(25)19(20)11-15-5-10-28(23(15)31)27-8-6-16(29)7-9-27/h1-4,12-13,15-16,29H,5-11H2,(H2,26,30)/t15-/m0/s1. The van der Waals surface area contributed by atoms with E-state index in [2.05, 4.69) is 0 Å². The lowest BCUT2D eigenvalue weighted by molar-refractivity contribution is -0.149. The summed E-state index contributed by atoms with van der Waals surface area (Å²) in [6, 6.07) is 9.79. The molecule has 4 rings (SSSR count). The Balaban J connectivity index is 1.42. The van der Waals surface area contributed by atoms with Gasteiger partial charge in [-0.25, -0.2) is 5.01 Å². The Kier molecular flexibility index (Phi) is 6.90. The second kappa shape index (κ2) is 9.67. The first kappa shape index (κ1) is 22.9. The van der Waals surface area contributed by atoms with Gasteiger partial charge in [0, 0.05) is 41.2 Å². The first-order chi connectivity index (χ1) is 15.3. The number of aliphatic hydroxyl groups excluding tert-OH is 1. The van der Waals surface area contributed by atoms with Crippen LogP contribution in [0.4, 0.5) is 0 Å². The second-order valence-electron chi connectivity index (χ2n) is 8.19. The van der Waals surface area contributed by atoms with Gasteiger partial charge in [0.2, 0.25) is 11.8 Å². The van der Waals surface area contributed by atoms with Crippen LogP contribution >= 0.6 is 23.2 Å². The van der Waals surface area contributed by atoms with Crippen molar-refractivity contribution in [1.82, 2.24) is 10.0 Å². The van der Waals surface area contributed by atoms with Gasteiger partial charge in [0.15, 0.2) is 0 Å². The summed E-state index contributed by atoms with van der Waals surface area (Å²) in [6.07, 6.45) is 2.27. The molecule has 0 saturated carbocycles. The van der Waals surface area contributed by atoms with Crippen LogP contribution in [0.3, 0.4) is 0 Å². The maximum Gasteiger partial charge on any atom is 0.248 e. The molecule has 0 aromatic heterocycles. The third-order valence-corrected chi connectivity index (χ3v) is 6.69. The third kappa shape index (κ3) is 5.02. The smallest absolute Gasteiger partial charge is 0.248 e. The SMILES string of the molecule is NC(=O)c1ccc(Oc2cc(Cl)c(C[C@@H]3CCN(N4CCC(O)CC4)C3=O)c(Cl)c2)cc1. The number of amides is 2. The molecule has 2 saturated heterocycles. The Morgan fingerprint density at radius 1 is 1.03 bits per heavy atom. The molecule has 2 aliphatic heterocycles. The molecule has 0 spiro atoms. The molecule has 2 amide bonds. The fraction of sp³-hybridized carbons (Fsp3) is 0.391. The molecule has 170 valence electrons. The number of primary amides is 1. The van der Waals surface area contributed by atoms with E-state index in [9.17, 15) is 14.7 Å². The van der Waals surface area contributed by atoms with Gasteiger partial charge in [-0.05, 0) is 67.6 Å². The van der Waals surface area contributed by atoms with Gasteiger partial charge in [-0.2, -0.15) is 0 Å². The topological polar surface area (TPSA) is 96.1 Å². The first-order valence-corrected chi connectivity index (χ1v) is 11.4. The first-order valence-electron chi connectivity index (χ1n) is 10.6. The van der Waals surface area contributed by atoms with Crippen molar-refractivity contribution >= 4 is 35.0 Å².